The normalized spacial score (nSPS) is 20.2. The summed E-state index contributed by atoms with van der Waals surface area (Å²) >= 11 is 1.21. The number of piperidine rings is 1. The molecule has 1 aromatic carbocycles. The minimum absolute atomic E-state index is 0.168. The Morgan fingerprint density at radius 3 is 2.31 bits per heavy atom. The number of hydrogen-bond donors (Lipinski definition) is 1. The van der Waals surface area contributed by atoms with E-state index in [9.17, 15) is 18.0 Å². The average molecular weight is 437 g/mol. The van der Waals surface area contributed by atoms with Gasteiger partial charge in [0.1, 0.15) is 5.00 Å². The number of carbonyl (C=O) groups excluding carboxylic acids is 2. The van der Waals surface area contributed by atoms with Gasteiger partial charge in [0.2, 0.25) is 10.0 Å². The molecule has 1 aliphatic heterocycles. The van der Waals surface area contributed by atoms with Crippen LogP contribution in [0.2, 0.25) is 0 Å². The number of esters is 1. The van der Waals surface area contributed by atoms with Gasteiger partial charge in [-0.2, -0.15) is 4.31 Å². The highest BCUT2D eigenvalue weighted by Gasteiger charge is 2.31. The second kappa shape index (κ2) is 8.64. The van der Waals surface area contributed by atoms with E-state index in [0.717, 1.165) is 6.42 Å². The Morgan fingerprint density at radius 2 is 1.72 bits per heavy atom. The van der Waals surface area contributed by atoms with Crippen LogP contribution in [0.15, 0.2) is 40.6 Å². The Morgan fingerprint density at radius 1 is 1.10 bits per heavy atom. The quantitative estimate of drug-likeness (QED) is 0.725. The Kier molecular flexibility index (Phi) is 6.40. The second-order valence-corrected chi connectivity index (χ2v) is 10.3. The van der Waals surface area contributed by atoms with Crippen molar-refractivity contribution >= 4 is 38.2 Å². The van der Waals surface area contributed by atoms with E-state index in [1.165, 1.54) is 47.0 Å². The molecular formula is C20H24N2O5S2. The molecule has 0 spiro atoms. The maximum absolute atomic E-state index is 12.9. The molecule has 1 fully saturated rings. The number of nitrogens with one attached hydrogen (secondary N) is 1. The van der Waals surface area contributed by atoms with Gasteiger partial charge in [0.05, 0.1) is 17.6 Å². The molecule has 2 atom stereocenters. The van der Waals surface area contributed by atoms with E-state index in [-0.39, 0.29) is 10.5 Å². The predicted molar refractivity (Wildman–Crippen MR) is 112 cm³/mol. The number of hydrogen-bond acceptors (Lipinski definition) is 6. The third-order valence-electron chi connectivity index (χ3n) is 4.89. The number of amides is 1. The largest absolute Gasteiger partial charge is 0.465 e. The zero-order valence-corrected chi connectivity index (χ0v) is 18.2. The predicted octanol–water partition coefficient (Wildman–Crippen LogP) is 3.45. The van der Waals surface area contributed by atoms with Gasteiger partial charge >= 0.3 is 5.97 Å². The molecule has 1 aromatic heterocycles. The number of anilines is 1. The molecule has 1 amide bonds. The monoisotopic (exact) mass is 436 g/mol. The molecular weight excluding hydrogens is 412 g/mol. The number of carbonyl (C=O) groups is 2. The molecule has 3 rings (SSSR count). The highest BCUT2D eigenvalue weighted by atomic mass is 32.2. The van der Waals surface area contributed by atoms with Gasteiger partial charge < -0.3 is 10.1 Å². The Hall–Kier alpha value is -2.23. The second-order valence-electron chi connectivity index (χ2n) is 7.40. The van der Waals surface area contributed by atoms with E-state index in [1.54, 1.807) is 11.4 Å². The lowest BCUT2D eigenvalue weighted by Gasteiger charge is -2.34. The van der Waals surface area contributed by atoms with Gasteiger partial charge in [-0.05, 0) is 54.0 Å². The molecule has 9 heteroatoms. The molecule has 0 saturated carbocycles. The molecule has 7 nitrogen and oxygen atoms in total. The number of sulfonamides is 1. The fourth-order valence-electron chi connectivity index (χ4n) is 3.58. The summed E-state index contributed by atoms with van der Waals surface area (Å²) in [5.41, 5.74) is 0.576. The molecule has 29 heavy (non-hydrogen) atoms. The van der Waals surface area contributed by atoms with Gasteiger partial charge in [-0.1, -0.05) is 13.8 Å². The average Bonchev–Trinajstić information content (AvgIpc) is 3.14. The SMILES string of the molecule is COC(=O)c1ccsc1NC(=O)c1ccc(S(=O)(=O)N2C[C@H](C)C[C@H](C)C2)cc1. The summed E-state index contributed by atoms with van der Waals surface area (Å²) in [5, 5.41) is 4.74. The minimum Gasteiger partial charge on any atom is -0.465 e. The summed E-state index contributed by atoms with van der Waals surface area (Å²) < 4.78 is 32.1. The van der Waals surface area contributed by atoms with E-state index in [2.05, 4.69) is 19.2 Å². The maximum Gasteiger partial charge on any atom is 0.340 e. The summed E-state index contributed by atoms with van der Waals surface area (Å²) in [6, 6.07) is 7.42. The van der Waals surface area contributed by atoms with Gasteiger partial charge in [-0.3, -0.25) is 4.79 Å². The molecule has 1 N–H and O–H groups in total. The molecule has 2 aromatic rings. The molecule has 0 unspecified atom stereocenters. The zero-order chi connectivity index (χ0) is 21.2. The van der Waals surface area contributed by atoms with Crippen LogP contribution in [0.1, 0.15) is 41.0 Å². The molecule has 0 radical (unpaired) electrons. The van der Waals surface area contributed by atoms with E-state index < -0.39 is 21.9 Å². The van der Waals surface area contributed by atoms with Crippen LogP contribution in [0.5, 0.6) is 0 Å². The van der Waals surface area contributed by atoms with Crippen LogP contribution in [0.25, 0.3) is 0 Å². The standard InChI is InChI=1S/C20H24N2O5S2/c1-13-10-14(2)12-22(11-13)29(25,26)16-6-4-15(5-7-16)18(23)21-19-17(8-9-28-19)20(24)27-3/h4-9,13-14H,10-12H2,1-3H3,(H,21,23)/t13-,14+. The van der Waals surface area contributed by atoms with Crippen LogP contribution in [-0.2, 0) is 14.8 Å². The fourth-order valence-corrected chi connectivity index (χ4v) is 6.03. The smallest absolute Gasteiger partial charge is 0.340 e. The molecule has 0 aliphatic carbocycles. The number of nitrogens with zero attached hydrogens (tertiary/aromatic N) is 1. The van der Waals surface area contributed by atoms with Crippen molar-refractivity contribution in [1.82, 2.24) is 4.31 Å². The first-order chi connectivity index (χ1) is 13.7. The summed E-state index contributed by atoms with van der Waals surface area (Å²) in [4.78, 5) is 24.4. The number of rotatable bonds is 5. The third-order valence-corrected chi connectivity index (χ3v) is 7.56. The Balaban J connectivity index is 1.75. The highest BCUT2D eigenvalue weighted by molar-refractivity contribution is 7.89. The van der Waals surface area contributed by atoms with Crippen molar-refractivity contribution in [3.63, 3.8) is 0 Å². The summed E-state index contributed by atoms with van der Waals surface area (Å²) in [5.74, 6) is -0.337. The van der Waals surface area contributed by atoms with Crippen LogP contribution in [0.3, 0.4) is 0 Å². The molecule has 2 heterocycles. The summed E-state index contributed by atoms with van der Waals surface area (Å²) in [6.45, 7) is 5.12. The Labute approximate surface area is 174 Å². The third kappa shape index (κ3) is 4.68. The summed E-state index contributed by atoms with van der Waals surface area (Å²) in [7, 11) is -2.33. The topological polar surface area (TPSA) is 92.8 Å². The van der Waals surface area contributed by atoms with E-state index in [1.807, 2.05) is 0 Å². The van der Waals surface area contributed by atoms with Crippen LogP contribution >= 0.6 is 11.3 Å². The van der Waals surface area contributed by atoms with Gasteiger partial charge in [0.15, 0.2) is 0 Å². The van der Waals surface area contributed by atoms with Crippen LogP contribution in [0.4, 0.5) is 5.00 Å². The number of benzene rings is 1. The van der Waals surface area contributed by atoms with E-state index in [0.29, 0.717) is 35.5 Å². The van der Waals surface area contributed by atoms with Crippen molar-refractivity contribution < 1.29 is 22.7 Å². The zero-order valence-electron chi connectivity index (χ0n) is 16.5. The highest BCUT2D eigenvalue weighted by Crippen LogP contribution is 2.27. The number of methoxy groups -OCH3 is 1. The minimum atomic E-state index is -3.60. The van der Waals surface area contributed by atoms with Gasteiger partial charge in [0.25, 0.3) is 5.91 Å². The molecule has 0 bridgehead atoms. The lowest BCUT2D eigenvalue weighted by atomic mass is 9.94. The first-order valence-electron chi connectivity index (χ1n) is 9.29. The van der Waals surface area contributed by atoms with Crippen molar-refractivity contribution in [3.8, 4) is 0 Å². The van der Waals surface area contributed by atoms with Crippen molar-refractivity contribution in [1.29, 1.82) is 0 Å². The number of ether oxygens (including phenoxy) is 1. The van der Waals surface area contributed by atoms with Crippen LogP contribution in [0, 0.1) is 11.8 Å². The van der Waals surface area contributed by atoms with Crippen molar-refractivity contribution in [3.05, 3.63) is 46.8 Å². The van der Waals surface area contributed by atoms with Crippen molar-refractivity contribution in [2.75, 3.05) is 25.5 Å². The van der Waals surface area contributed by atoms with E-state index >= 15 is 0 Å². The maximum atomic E-state index is 12.9. The van der Waals surface area contributed by atoms with Crippen LogP contribution < -0.4 is 5.32 Å². The van der Waals surface area contributed by atoms with Crippen LogP contribution in [-0.4, -0.2) is 44.8 Å². The lowest BCUT2D eigenvalue weighted by molar-refractivity contribution is 0.0602. The van der Waals surface area contributed by atoms with E-state index in [4.69, 9.17) is 4.74 Å². The number of thiophene rings is 1. The van der Waals surface area contributed by atoms with Crippen molar-refractivity contribution in [2.45, 2.75) is 25.2 Å². The fraction of sp³-hybridized carbons (Fsp3) is 0.400. The van der Waals surface area contributed by atoms with Gasteiger partial charge in [-0.15, -0.1) is 11.3 Å². The molecule has 1 saturated heterocycles. The summed E-state index contributed by atoms with van der Waals surface area (Å²) in [6.07, 6.45) is 1.02. The van der Waals surface area contributed by atoms with Crippen molar-refractivity contribution in [2.24, 2.45) is 11.8 Å². The Bertz CT molecular complexity index is 988. The molecule has 156 valence electrons. The lowest BCUT2D eigenvalue weighted by Crippen LogP contribution is -2.42. The molecule has 1 aliphatic rings. The first kappa shape index (κ1) is 21.5. The van der Waals surface area contributed by atoms with Gasteiger partial charge in [-0.25, -0.2) is 13.2 Å². The first-order valence-corrected chi connectivity index (χ1v) is 11.6. The van der Waals surface area contributed by atoms with Gasteiger partial charge in [0, 0.05) is 18.7 Å².